The van der Waals surface area contributed by atoms with Crippen molar-refractivity contribution in [2.45, 2.75) is 40.0 Å². The quantitative estimate of drug-likeness (QED) is 0.533. The number of anilines is 1. The molecule has 0 saturated carbocycles. The van der Waals surface area contributed by atoms with Gasteiger partial charge in [0.2, 0.25) is 0 Å². The maximum Gasteiger partial charge on any atom is 0.297 e. The number of ether oxygens (including phenoxy) is 2. The largest absolute Gasteiger partial charge is 0.493 e. The van der Waals surface area contributed by atoms with E-state index >= 15 is 0 Å². The number of nitrogens with zero attached hydrogens (tertiary/aromatic N) is 5. The van der Waals surface area contributed by atoms with Gasteiger partial charge in [-0.25, -0.2) is 19.9 Å². The van der Waals surface area contributed by atoms with E-state index in [1.165, 1.54) is 39.0 Å². The predicted octanol–water partition coefficient (Wildman–Crippen LogP) is 3.38. The minimum Gasteiger partial charge on any atom is -0.493 e. The molecule has 4 rings (SSSR count). The number of aliphatic hydroxyl groups is 2. The highest BCUT2D eigenvalue weighted by atomic mass is 35.5. The zero-order chi connectivity index (χ0) is 26.3. The van der Waals surface area contributed by atoms with Crippen LogP contribution in [0, 0.1) is 0 Å². The fourth-order valence-electron chi connectivity index (χ4n) is 3.01. The Bertz CT molecular complexity index is 1140. The number of carbonyl (C=O) groups excluding carboxylic acids is 2. The molecule has 11 nitrogen and oxygen atoms in total. The number of allylic oxidation sites excluding steroid dienone is 1. The molecule has 0 fully saturated rings. The van der Waals surface area contributed by atoms with Crippen LogP contribution in [0.5, 0.6) is 0 Å². The van der Waals surface area contributed by atoms with E-state index in [4.69, 9.17) is 49.4 Å². The third-order valence-electron chi connectivity index (χ3n) is 4.77. The van der Waals surface area contributed by atoms with Crippen molar-refractivity contribution in [2.24, 2.45) is 0 Å². The molecular formula is C22H26Cl3N5O6. The first-order valence-corrected chi connectivity index (χ1v) is 11.0. The maximum atomic E-state index is 11.9. The average molecular weight is 563 g/mol. The van der Waals surface area contributed by atoms with Crippen molar-refractivity contribution in [3.63, 3.8) is 0 Å². The summed E-state index contributed by atoms with van der Waals surface area (Å²) in [5.74, 6) is 0.119. The van der Waals surface area contributed by atoms with Crippen molar-refractivity contribution in [1.82, 2.24) is 19.9 Å². The molecule has 2 atom stereocenters. The summed E-state index contributed by atoms with van der Waals surface area (Å²) >= 11 is 16.5. The van der Waals surface area contributed by atoms with Gasteiger partial charge < -0.3 is 19.7 Å². The van der Waals surface area contributed by atoms with Crippen LogP contribution in [-0.4, -0.2) is 68.4 Å². The van der Waals surface area contributed by atoms with Crippen LogP contribution in [0.25, 0.3) is 0 Å². The molecule has 0 bridgehead atoms. The Kier molecular flexibility index (Phi) is 12.2. The Hall–Kier alpha value is -2.83. The molecule has 0 spiro atoms. The van der Waals surface area contributed by atoms with Gasteiger partial charge in [-0.15, -0.1) is 0 Å². The molecule has 2 aliphatic rings. The molecule has 1 amide bonds. The van der Waals surface area contributed by atoms with Gasteiger partial charge in [0.1, 0.15) is 33.9 Å². The Morgan fingerprint density at radius 3 is 1.69 bits per heavy atom. The molecule has 0 aromatic carbocycles. The van der Waals surface area contributed by atoms with E-state index in [-0.39, 0.29) is 36.4 Å². The Balaban J connectivity index is 0.000000291. The average Bonchev–Trinajstić information content (AvgIpc) is 3.17. The molecule has 2 aromatic rings. The highest BCUT2D eigenvalue weighted by Gasteiger charge is 2.39. The molecule has 2 N–H and O–H groups in total. The molecule has 3 heterocycles. The summed E-state index contributed by atoms with van der Waals surface area (Å²) in [5, 5.41) is 20.0. The summed E-state index contributed by atoms with van der Waals surface area (Å²) in [6.45, 7) is 3.32. The Morgan fingerprint density at radius 2 is 1.36 bits per heavy atom. The second kappa shape index (κ2) is 14.0. The normalized spacial score (nSPS) is 18.8. The molecule has 2 unspecified atom stereocenters. The summed E-state index contributed by atoms with van der Waals surface area (Å²) in [6.07, 6.45) is 0.989. The van der Waals surface area contributed by atoms with Crippen molar-refractivity contribution >= 4 is 52.3 Å². The SMILES string of the molecule is C.COC1=C(C)C(O)CC1=O.COC1=C(C)C(O)N(c2cc(Cl)ncn2)C1=O.Clc1cc(Cl)ncn1. The number of aromatic nitrogens is 4. The number of ketones is 1. The van der Waals surface area contributed by atoms with Crippen LogP contribution in [-0.2, 0) is 19.1 Å². The van der Waals surface area contributed by atoms with Crippen LogP contribution < -0.4 is 4.90 Å². The molecular weight excluding hydrogens is 537 g/mol. The first-order chi connectivity index (χ1) is 16.5. The van der Waals surface area contributed by atoms with Crippen molar-refractivity contribution in [3.8, 4) is 0 Å². The van der Waals surface area contributed by atoms with Crippen molar-refractivity contribution in [1.29, 1.82) is 0 Å². The standard InChI is InChI=1S/C10H10ClN3O3.C7H10O3.C4H2Cl2N2.CH4/c1-5-8(17-2)10(16)14(9(5)15)7-3-6(11)12-4-13-7;1-4-5(8)3-6(9)7(4)10-2;5-3-1-4(6)8-2-7-3;/h3-4,9,15H,1-2H3;5,8H,3H2,1-2H3;1-2H;1H4. The number of methoxy groups -OCH3 is 2. The van der Waals surface area contributed by atoms with Crippen LogP contribution in [0.3, 0.4) is 0 Å². The summed E-state index contributed by atoms with van der Waals surface area (Å²) in [6, 6.07) is 2.87. The lowest BCUT2D eigenvalue weighted by Gasteiger charge is -2.19. The van der Waals surface area contributed by atoms with Gasteiger partial charge in [-0.1, -0.05) is 42.2 Å². The second-order valence-electron chi connectivity index (χ2n) is 6.99. The molecule has 2 aromatic heterocycles. The van der Waals surface area contributed by atoms with Gasteiger partial charge in [-0.3, -0.25) is 14.5 Å². The first kappa shape index (κ1) is 31.2. The summed E-state index contributed by atoms with van der Waals surface area (Å²) in [5.41, 5.74) is 1.08. The van der Waals surface area contributed by atoms with E-state index in [1.54, 1.807) is 13.8 Å². The number of carbonyl (C=O) groups is 2. The molecule has 1 aliphatic carbocycles. The van der Waals surface area contributed by atoms with Gasteiger partial charge in [0, 0.05) is 29.7 Å². The highest BCUT2D eigenvalue weighted by molar-refractivity contribution is 6.33. The number of amides is 1. The molecule has 36 heavy (non-hydrogen) atoms. The second-order valence-corrected chi connectivity index (χ2v) is 8.15. The van der Waals surface area contributed by atoms with Gasteiger partial charge in [-0.05, 0) is 13.8 Å². The molecule has 196 valence electrons. The smallest absolute Gasteiger partial charge is 0.297 e. The van der Waals surface area contributed by atoms with E-state index in [0.29, 0.717) is 27.2 Å². The zero-order valence-electron chi connectivity index (χ0n) is 19.1. The van der Waals surface area contributed by atoms with Crippen LogP contribution in [0.2, 0.25) is 15.5 Å². The van der Waals surface area contributed by atoms with Crippen molar-refractivity contribution < 1.29 is 29.3 Å². The minimum atomic E-state index is -1.09. The van der Waals surface area contributed by atoms with Gasteiger partial charge >= 0.3 is 0 Å². The van der Waals surface area contributed by atoms with E-state index in [9.17, 15) is 14.7 Å². The van der Waals surface area contributed by atoms with Crippen LogP contribution in [0.1, 0.15) is 27.7 Å². The summed E-state index contributed by atoms with van der Waals surface area (Å²) < 4.78 is 9.72. The Morgan fingerprint density at radius 1 is 0.861 bits per heavy atom. The lowest BCUT2D eigenvalue weighted by molar-refractivity contribution is -0.119. The fraction of sp³-hybridized carbons (Fsp3) is 0.364. The van der Waals surface area contributed by atoms with E-state index in [1.807, 2.05) is 0 Å². The van der Waals surface area contributed by atoms with Crippen molar-refractivity contribution in [2.75, 3.05) is 19.1 Å². The van der Waals surface area contributed by atoms with Crippen LogP contribution in [0.15, 0.2) is 47.5 Å². The summed E-state index contributed by atoms with van der Waals surface area (Å²) in [4.78, 5) is 38.8. The van der Waals surface area contributed by atoms with E-state index in [2.05, 4.69) is 19.9 Å². The van der Waals surface area contributed by atoms with Gasteiger partial charge in [0.05, 0.1) is 20.3 Å². The number of hydrogen-bond acceptors (Lipinski definition) is 10. The monoisotopic (exact) mass is 561 g/mol. The van der Waals surface area contributed by atoms with Gasteiger partial charge in [-0.2, -0.15) is 0 Å². The number of halogens is 3. The van der Waals surface area contributed by atoms with E-state index in [0.717, 1.165) is 4.90 Å². The van der Waals surface area contributed by atoms with Crippen molar-refractivity contribution in [3.05, 3.63) is 62.9 Å². The third-order valence-corrected chi connectivity index (χ3v) is 5.39. The number of aliphatic hydroxyl groups excluding tert-OH is 2. The third kappa shape index (κ3) is 7.58. The highest BCUT2D eigenvalue weighted by Crippen LogP contribution is 2.29. The lowest BCUT2D eigenvalue weighted by atomic mass is 10.2. The van der Waals surface area contributed by atoms with Crippen LogP contribution >= 0.6 is 34.8 Å². The first-order valence-electron chi connectivity index (χ1n) is 9.84. The number of Topliss-reactive ketones (excluding diaryl/α,β-unsaturated/α-hetero) is 1. The zero-order valence-corrected chi connectivity index (χ0v) is 21.3. The lowest BCUT2D eigenvalue weighted by Crippen LogP contribution is -2.36. The summed E-state index contributed by atoms with van der Waals surface area (Å²) in [7, 11) is 2.81. The molecule has 1 aliphatic heterocycles. The van der Waals surface area contributed by atoms with Gasteiger partial charge in [0.15, 0.2) is 23.5 Å². The van der Waals surface area contributed by atoms with Crippen LogP contribution in [0.4, 0.5) is 5.82 Å². The predicted molar refractivity (Wildman–Crippen MR) is 134 cm³/mol. The number of hydrogen-bond donors (Lipinski definition) is 2. The number of rotatable bonds is 3. The fourth-order valence-corrected chi connectivity index (χ4v) is 3.50. The van der Waals surface area contributed by atoms with E-state index < -0.39 is 18.2 Å². The Labute approximate surface area is 223 Å². The minimum absolute atomic E-state index is 0. The van der Waals surface area contributed by atoms with Gasteiger partial charge in [0.25, 0.3) is 5.91 Å². The molecule has 0 saturated heterocycles. The topological polar surface area (TPSA) is 148 Å². The maximum absolute atomic E-state index is 11.9. The molecule has 0 radical (unpaired) electrons. The molecule has 14 heteroatoms.